The number of likely N-dealkylation sites (N-methyl/N-ethyl adjacent to an activating group) is 1. The molecular weight excluding hydrogens is 366 g/mol. The van der Waals surface area contributed by atoms with Gasteiger partial charge in [0.1, 0.15) is 0 Å². The van der Waals surface area contributed by atoms with Crippen LogP contribution in [0, 0.1) is 0 Å². The van der Waals surface area contributed by atoms with Crippen LogP contribution in [0.3, 0.4) is 0 Å². The number of fused-ring (bicyclic) bond motifs is 1. The van der Waals surface area contributed by atoms with Crippen LogP contribution in [-0.2, 0) is 27.2 Å². The molecule has 0 aliphatic rings. The number of carbonyl (C=O) groups excluding carboxylic acids is 3. The van der Waals surface area contributed by atoms with Gasteiger partial charge in [-0.15, -0.1) is 0 Å². The molecule has 6 nitrogen and oxygen atoms in total. The average molecular weight is 389 g/mol. The van der Waals surface area contributed by atoms with Crippen LogP contribution in [0.5, 0.6) is 0 Å². The van der Waals surface area contributed by atoms with Gasteiger partial charge in [0.05, 0.1) is 19.4 Å². The van der Waals surface area contributed by atoms with Crippen molar-refractivity contribution in [2.24, 2.45) is 0 Å². The molecule has 0 radical (unpaired) electrons. The fourth-order valence-corrected chi connectivity index (χ4v) is 3.05. The third-order valence-electron chi connectivity index (χ3n) is 4.56. The van der Waals surface area contributed by atoms with Crippen molar-refractivity contribution in [1.82, 2.24) is 10.6 Å². The third-order valence-corrected chi connectivity index (χ3v) is 4.56. The zero-order chi connectivity index (χ0) is 20.6. The largest absolute Gasteiger partial charge is 0.359 e. The highest BCUT2D eigenvalue weighted by Crippen LogP contribution is 2.18. The van der Waals surface area contributed by atoms with Crippen LogP contribution in [0.4, 0.5) is 5.69 Å². The molecule has 3 aromatic carbocycles. The Morgan fingerprint density at radius 2 is 1.48 bits per heavy atom. The monoisotopic (exact) mass is 389 g/mol. The van der Waals surface area contributed by atoms with Gasteiger partial charge < -0.3 is 16.0 Å². The quantitative estimate of drug-likeness (QED) is 0.580. The maximum Gasteiger partial charge on any atom is 0.243 e. The van der Waals surface area contributed by atoms with Crippen molar-refractivity contribution < 1.29 is 14.4 Å². The Bertz CT molecular complexity index is 1020. The molecule has 0 heterocycles. The predicted octanol–water partition coefficient (Wildman–Crippen LogP) is 2.43. The van der Waals surface area contributed by atoms with E-state index in [1.807, 2.05) is 42.5 Å². The number of amides is 3. The average Bonchev–Trinajstić information content (AvgIpc) is 2.74. The van der Waals surface area contributed by atoms with Crippen molar-refractivity contribution in [1.29, 1.82) is 0 Å². The van der Waals surface area contributed by atoms with E-state index in [0.717, 1.165) is 21.9 Å². The fourth-order valence-electron chi connectivity index (χ4n) is 3.05. The van der Waals surface area contributed by atoms with Crippen molar-refractivity contribution in [2.75, 3.05) is 18.9 Å². The van der Waals surface area contributed by atoms with Crippen molar-refractivity contribution >= 4 is 34.2 Å². The van der Waals surface area contributed by atoms with E-state index in [1.54, 1.807) is 31.3 Å². The van der Waals surface area contributed by atoms with E-state index < -0.39 is 0 Å². The van der Waals surface area contributed by atoms with Crippen molar-refractivity contribution in [3.05, 3.63) is 77.9 Å². The predicted molar refractivity (Wildman–Crippen MR) is 114 cm³/mol. The molecular formula is C23H23N3O3. The lowest BCUT2D eigenvalue weighted by Crippen LogP contribution is -2.33. The Kier molecular flexibility index (Phi) is 6.58. The number of carbonyl (C=O) groups is 3. The van der Waals surface area contributed by atoms with Crippen LogP contribution in [0.25, 0.3) is 10.8 Å². The van der Waals surface area contributed by atoms with Gasteiger partial charge in [-0.25, -0.2) is 0 Å². The van der Waals surface area contributed by atoms with Crippen LogP contribution in [0.1, 0.15) is 11.1 Å². The standard InChI is InChI=1S/C23H23N3O3/c1-24-21(27)13-16-9-11-19(12-10-16)26-23(29)15-25-22(28)14-18-7-4-6-17-5-2-3-8-20(17)18/h2-12H,13-15H2,1H3,(H,24,27)(H,25,28)(H,26,29). The second kappa shape index (κ2) is 9.50. The second-order valence-electron chi connectivity index (χ2n) is 6.69. The minimum Gasteiger partial charge on any atom is -0.359 e. The Labute approximate surface area is 169 Å². The Morgan fingerprint density at radius 3 is 2.24 bits per heavy atom. The minimum atomic E-state index is -0.310. The normalized spacial score (nSPS) is 10.4. The summed E-state index contributed by atoms with van der Waals surface area (Å²) in [5.41, 5.74) is 2.39. The first-order valence-corrected chi connectivity index (χ1v) is 9.38. The molecule has 3 N–H and O–H groups in total. The van der Waals surface area contributed by atoms with Crippen LogP contribution in [0.15, 0.2) is 66.7 Å². The van der Waals surface area contributed by atoms with E-state index in [9.17, 15) is 14.4 Å². The number of nitrogens with one attached hydrogen (secondary N) is 3. The zero-order valence-electron chi connectivity index (χ0n) is 16.2. The molecule has 0 aliphatic heterocycles. The molecule has 0 fully saturated rings. The summed E-state index contributed by atoms with van der Waals surface area (Å²) in [6.07, 6.45) is 0.498. The Balaban J connectivity index is 1.50. The summed E-state index contributed by atoms with van der Waals surface area (Å²) in [6, 6.07) is 20.8. The SMILES string of the molecule is CNC(=O)Cc1ccc(NC(=O)CNC(=O)Cc2cccc3ccccc23)cc1. The van der Waals surface area contributed by atoms with E-state index in [1.165, 1.54) is 0 Å². The maximum atomic E-state index is 12.3. The molecule has 0 saturated heterocycles. The summed E-state index contributed by atoms with van der Waals surface area (Å²) in [4.78, 5) is 35.7. The molecule has 3 rings (SSSR count). The highest BCUT2D eigenvalue weighted by molar-refractivity contribution is 5.96. The summed E-state index contributed by atoms with van der Waals surface area (Å²) in [5.74, 6) is -0.594. The smallest absolute Gasteiger partial charge is 0.243 e. The molecule has 0 spiro atoms. The highest BCUT2D eigenvalue weighted by Gasteiger charge is 2.09. The minimum absolute atomic E-state index is 0.0734. The van der Waals surface area contributed by atoms with Crippen LogP contribution in [-0.4, -0.2) is 31.3 Å². The van der Waals surface area contributed by atoms with Gasteiger partial charge in [0.15, 0.2) is 0 Å². The van der Waals surface area contributed by atoms with Gasteiger partial charge in [-0.2, -0.15) is 0 Å². The number of anilines is 1. The molecule has 148 valence electrons. The first-order chi connectivity index (χ1) is 14.0. The number of benzene rings is 3. The van der Waals surface area contributed by atoms with E-state index in [2.05, 4.69) is 16.0 Å². The molecule has 3 amide bonds. The summed E-state index contributed by atoms with van der Waals surface area (Å²) in [7, 11) is 1.59. The zero-order valence-corrected chi connectivity index (χ0v) is 16.2. The molecule has 0 bridgehead atoms. The van der Waals surface area contributed by atoms with E-state index in [-0.39, 0.29) is 37.1 Å². The molecule has 29 heavy (non-hydrogen) atoms. The maximum absolute atomic E-state index is 12.3. The summed E-state index contributed by atoms with van der Waals surface area (Å²) in [5, 5.41) is 10.1. The number of hydrogen-bond donors (Lipinski definition) is 3. The van der Waals surface area contributed by atoms with Crippen molar-refractivity contribution in [2.45, 2.75) is 12.8 Å². The molecule has 3 aromatic rings. The molecule has 0 unspecified atom stereocenters. The second-order valence-corrected chi connectivity index (χ2v) is 6.69. The molecule has 0 aromatic heterocycles. The Hall–Kier alpha value is -3.67. The van der Waals surface area contributed by atoms with Crippen molar-refractivity contribution in [3.8, 4) is 0 Å². The fraction of sp³-hybridized carbons (Fsp3) is 0.174. The summed E-state index contributed by atoms with van der Waals surface area (Å²) >= 11 is 0. The van der Waals surface area contributed by atoms with Gasteiger partial charge in [0, 0.05) is 12.7 Å². The van der Waals surface area contributed by atoms with Gasteiger partial charge in [-0.1, -0.05) is 54.6 Å². The van der Waals surface area contributed by atoms with Crippen LogP contribution >= 0.6 is 0 Å². The number of rotatable bonds is 7. The number of hydrogen-bond acceptors (Lipinski definition) is 3. The molecule has 0 saturated carbocycles. The molecule has 0 atom stereocenters. The summed E-state index contributed by atoms with van der Waals surface area (Å²) in [6.45, 7) is -0.108. The van der Waals surface area contributed by atoms with Gasteiger partial charge in [0.2, 0.25) is 17.7 Å². The molecule has 6 heteroatoms. The van der Waals surface area contributed by atoms with Crippen LogP contribution < -0.4 is 16.0 Å². The van der Waals surface area contributed by atoms with E-state index in [4.69, 9.17) is 0 Å². The lowest BCUT2D eigenvalue weighted by molar-refractivity contribution is -0.123. The lowest BCUT2D eigenvalue weighted by atomic mass is 10.0. The van der Waals surface area contributed by atoms with Gasteiger partial charge in [-0.05, 0) is 34.0 Å². The van der Waals surface area contributed by atoms with Gasteiger partial charge >= 0.3 is 0 Å². The van der Waals surface area contributed by atoms with Gasteiger partial charge in [0.25, 0.3) is 0 Å². The Morgan fingerprint density at radius 1 is 0.759 bits per heavy atom. The lowest BCUT2D eigenvalue weighted by Gasteiger charge is -2.09. The molecule has 0 aliphatic carbocycles. The third kappa shape index (κ3) is 5.65. The van der Waals surface area contributed by atoms with Crippen LogP contribution in [0.2, 0.25) is 0 Å². The highest BCUT2D eigenvalue weighted by atomic mass is 16.2. The van der Waals surface area contributed by atoms with Gasteiger partial charge in [-0.3, -0.25) is 14.4 Å². The van der Waals surface area contributed by atoms with E-state index in [0.29, 0.717) is 5.69 Å². The summed E-state index contributed by atoms with van der Waals surface area (Å²) < 4.78 is 0. The first kappa shape index (κ1) is 20.1. The van der Waals surface area contributed by atoms with E-state index >= 15 is 0 Å². The van der Waals surface area contributed by atoms with Crippen molar-refractivity contribution in [3.63, 3.8) is 0 Å². The topological polar surface area (TPSA) is 87.3 Å². The first-order valence-electron chi connectivity index (χ1n) is 9.38.